The third-order valence-electron chi connectivity index (χ3n) is 4.35. The van der Waals surface area contributed by atoms with Crippen LogP contribution in [0.15, 0.2) is 47.5 Å². The first-order valence-corrected chi connectivity index (χ1v) is 8.31. The molecule has 8 nitrogen and oxygen atoms in total. The number of anilines is 1. The summed E-state index contributed by atoms with van der Waals surface area (Å²) >= 11 is 0. The minimum atomic E-state index is -0.330. The molecule has 4 rings (SSSR count). The number of hydrogen-bond acceptors (Lipinski definition) is 5. The van der Waals surface area contributed by atoms with Gasteiger partial charge in [0.2, 0.25) is 0 Å². The highest BCUT2D eigenvalue weighted by Crippen LogP contribution is 2.31. The average Bonchev–Trinajstić information content (AvgIpc) is 2.68. The lowest BCUT2D eigenvalue weighted by molar-refractivity contribution is -0.118. The highest BCUT2D eigenvalue weighted by atomic mass is 16.5. The van der Waals surface area contributed by atoms with Crippen molar-refractivity contribution in [2.24, 2.45) is 7.05 Å². The quantitative estimate of drug-likeness (QED) is 0.727. The Hall–Kier alpha value is -3.68. The second-order valence-corrected chi connectivity index (χ2v) is 6.20. The fraction of sp³-hybridized carbons (Fsp3) is 0.158. The van der Waals surface area contributed by atoms with Crippen molar-refractivity contribution in [3.05, 3.63) is 64.2 Å². The van der Waals surface area contributed by atoms with Gasteiger partial charge in [-0.25, -0.2) is 4.98 Å². The largest absolute Gasteiger partial charge is 0.482 e. The number of rotatable bonds is 3. The van der Waals surface area contributed by atoms with Crippen molar-refractivity contribution >= 4 is 28.4 Å². The first-order chi connectivity index (χ1) is 13.0. The van der Waals surface area contributed by atoms with Crippen molar-refractivity contribution in [3.8, 4) is 5.75 Å². The molecule has 0 aliphatic carbocycles. The standard InChI is InChI=1S/C19H16N4O4/c1-23-10-21-14-6-5-11(7-13(14)19(23)26)18(25)20-8-12-3-2-4-15-17(12)22-16(24)9-27-15/h2-7,10H,8-9H2,1H3,(H,20,25)(H,22,24). The summed E-state index contributed by atoms with van der Waals surface area (Å²) in [5, 5.41) is 5.95. The third kappa shape index (κ3) is 3.12. The number of fused-ring (bicyclic) bond motifs is 2. The summed E-state index contributed by atoms with van der Waals surface area (Å²) in [5.41, 5.74) is 1.97. The first kappa shape index (κ1) is 16.8. The zero-order valence-electron chi connectivity index (χ0n) is 14.5. The molecule has 1 aliphatic heterocycles. The van der Waals surface area contributed by atoms with Crippen LogP contribution in [0.3, 0.4) is 0 Å². The van der Waals surface area contributed by atoms with Crippen molar-refractivity contribution in [1.29, 1.82) is 0 Å². The van der Waals surface area contributed by atoms with Gasteiger partial charge in [0.25, 0.3) is 17.4 Å². The van der Waals surface area contributed by atoms with Crippen LogP contribution >= 0.6 is 0 Å². The van der Waals surface area contributed by atoms with E-state index in [9.17, 15) is 14.4 Å². The minimum absolute atomic E-state index is 0.0249. The van der Waals surface area contributed by atoms with Gasteiger partial charge < -0.3 is 19.9 Å². The second kappa shape index (κ2) is 6.56. The van der Waals surface area contributed by atoms with Gasteiger partial charge >= 0.3 is 0 Å². The maximum atomic E-state index is 12.5. The molecule has 8 heteroatoms. The predicted octanol–water partition coefficient (Wildman–Crippen LogP) is 1.19. The predicted molar refractivity (Wildman–Crippen MR) is 98.7 cm³/mol. The molecule has 0 radical (unpaired) electrons. The number of carbonyl (C=O) groups is 2. The Kier molecular flexibility index (Phi) is 4.08. The maximum Gasteiger partial charge on any atom is 0.262 e. The van der Waals surface area contributed by atoms with Crippen LogP contribution < -0.4 is 20.9 Å². The van der Waals surface area contributed by atoms with Crippen LogP contribution in [0.2, 0.25) is 0 Å². The molecule has 2 amide bonds. The van der Waals surface area contributed by atoms with E-state index in [1.807, 2.05) is 0 Å². The number of amides is 2. The van der Waals surface area contributed by atoms with E-state index in [1.54, 1.807) is 37.4 Å². The van der Waals surface area contributed by atoms with E-state index in [-0.39, 0.29) is 30.5 Å². The summed E-state index contributed by atoms with van der Waals surface area (Å²) in [7, 11) is 1.61. The molecule has 1 aliphatic rings. The highest BCUT2D eigenvalue weighted by molar-refractivity contribution is 5.98. The van der Waals surface area contributed by atoms with Crippen LogP contribution in [-0.4, -0.2) is 28.0 Å². The number of para-hydroxylation sites is 1. The topological polar surface area (TPSA) is 102 Å². The molecule has 0 bridgehead atoms. The van der Waals surface area contributed by atoms with E-state index in [1.165, 1.54) is 17.0 Å². The SMILES string of the molecule is Cn1cnc2ccc(C(=O)NCc3cccc4c3NC(=O)CO4)cc2c1=O. The highest BCUT2D eigenvalue weighted by Gasteiger charge is 2.19. The monoisotopic (exact) mass is 364 g/mol. The molecule has 136 valence electrons. The Morgan fingerprint density at radius 3 is 3.00 bits per heavy atom. The number of aryl methyl sites for hydroxylation is 1. The van der Waals surface area contributed by atoms with Gasteiger partial charge in [0.05, 0.1) is 22.9 Å². The fourth-order valence-corrected chi connectivity index (χ4v) is 2.93. The maximum absolute atomic E-state index is 12.5. The number of nitrogens with zero attached hydrogens (tertiary/aromatic N) is 2. The zero-order valence-corrected chi connectivity index (χ0v) is 14.5. The van der Waals surface area contributed by atoms with Crippen LogP contribution in [0.5, 0.6) is 5.75 Å². The number of benzene rings is 2. The lowest BCUT2D eigenvalue weighted by Crippen LogP contribution is -2.28. The van der Waals surface area contributed by atoms with Crippen molar-refractivity contribution in [3.63, 3.8) is 0 Å². The molecule has 0 unspecified atom stereocenters. The van der Waals surface area contributed by atoms with Gasteiger partial charge in [-0.2, -0.15) is 0 Å². The van der Waals surface area contributed by atoms with Crippen LogP contribution in [0.1, 0.15) is 15.9 Å². The molecule has 27 heavy (non-hydrogen) atoms. The molecule has 2 aromatic carbocycles. The van der Waals surface area contributed by atoms with Gasteiger partial charge in [0.15, 0.2) is 6.61 Å². The van der Waals surface area contributed by atoms with Gasteiger partial charge in [-0.1, -0.05) is 12.1 Å². The van der Waals surface area contributed by atoms with Crippen molar-refractivity contribution < 1.29 is 14.3 Å². The first-order valence-electron chi connectivity index (χ1n) is 8.31. The summed E-state index contributed by atoms with van der Waals surface area (Å²) in [6, 6.07) is 10.1. The molecule has 0 saturated carbocycles. The summed E-state index contributed by atoms with van der Waals surface area (Å²) in [6.07, 6.45) is 1.44. The zero-order chi connectivity index (χ0) is 19.0. The smallest absolute Gasteiger partial charge is 0.262 e. The Morgan fingerprint density at radius 1 is 1.30 bits per heavy atom. The van der Waals surface area contributed by atoms with Gasteiger partial charge in [-0.05, 0) is 29.8 Å². The summed E-state index contributed by atoms with van der Waals surface area (Å²) in [4.78, 5) is 40.5. The lowest BCUT2D eigenvalue weighted by Gasteiger charge is -2.20. The van der Waals surface area contributed by atoms with Crippen molar-refractivity contribution in [2.75, 3.05) is 11.9 Å². The second-order valence-electron chi connectivity index (χ2n) is 6.20. The van der Waals surface area contributed by atoms with Gasteiger partial charge in [0.1, 0.15) is 5.75 Å². The number of aromatic nitrogens is 2. The summed E-state index contributed by atoms with van der Waals surface area (Å²) < 4.78 is 6.74. The lowest BCUT2D eigenvalue weighted by atomic mass is 10.1. The van der Waals surface area contributed by atoms with Crippen molar-refractivity contribution in [2.45, 2.75) is 6.54 Å². The normalized spacial score (nSPS) is 12.9. The molecule has 2 N–H and O–H groups in total. The van der Waals surface area contributed by atoms with Crippen molar-refractivity contribution in [1.82, 2.24) is 14.9 Å². The van der Waals surface area contributed by atoms with Crippen LogP contribution in [0.25, 0.3) is 10.9 Å². The Morgan fingerprint density at radius 2 is 2.15 bits per heavy atom. The number of ether oxygens (including phenoxy) is 1. The van der Waals surface area contributed by atoms with Gasteiger partial charge in [0, 0.05) is 19.2 Å². The third-order valence-corrected chi connectivity index (χ3v) is 4.35. The number of hydrogen-bond donors (Lipinski definition) is 2. The average molecular weight is 364 g/mol. The molecule has 1 aromatic heterocycles. The molecule has 0 saturated heterocycles. The molecule has 0 atom stereocenters. The van der Waals surface area contributed by atoms with E-state index in [2.05, 4.69) is 15.6 Å². The van der Waals surface area contributed by atoms with Crippen LogP contribution in [0, 0.1) is 0 Å². The Bertz CT molecular complexity index is 1140. The van der Waals surface area contributed by atoms with Gasteiger partial charge in [-0.3, -0.25) is 14.4 Å². The van der Waals surface area contributed by atoms with Crippen LogP contribution in [-0.2, 0) is 18.4 Å². The van der Waals surface area contributed by atoms with E-state index in [4.69, 9.17) is 4.74 Å². The van der Waals surface area contributed by atoms with Gasteiger partial charge in [-0.15, -0.1) is 0 Å². The molecule has 0 spiro atoms. The molecule has 0 fully saturated rings. The minimum Gasteiger partial charge on any atom is -0.482 e. The van der Waals surface area contributed by atoms with E-state index in [0.717, 1.165) is 5.56 Å². The van der Waals surface area contributed by atoms with Crippen LogP contribution in [0.4, 0.5) is 5.69 Å². The Labute approximate surface area is 153 Å². The summed E-state index contributed by atoms with van der Waals surface area (Å²) in [5.74, 6) is 0.00393. The molecule has 2 heterocycles. The molecular formula is C19H16N4O4. The number of carbonyl (C=O) groups excluding carboxylic acids is 2. The fourth-order valence-electron chi connectivity index (χ4n) is 2.93. The Balaban J connectivity index is 1.57. The molecule has 3 aromatic rings. The van der Waals surface area contributed by atoms with E-state index < -0.39 is 0 Å². The van der Waals surface area contributed by atoms with E-state index in [0.29, 0.717) is 27.9 Å². The number of nitrogens with one attached hydrogen (secondary N) is 2. The summed E-state index contributed by atoms with van der Waals surface area (Å²) in [6.45, 7) is 0.178. The van der Waals surface area contributed by atoms with E-state index >= 15 is 0 Å². The molecular weight excluding hydrogens is 348 g/mol.